The van der Waals surface area contributed by atoms with Gasteiger partial charge in [-0.25, -0.2) is 4.98 Å². The van der Waals surface area contributed by atoms with Gasteiger partial charge >= 0.3 is 5.97 Å². The zero-order valence-electron chi connectivity index (χ0n) is 12.7. The number of benzene rings is 1. The summed E-state index contributed by atoms with van der Waals surface area (Å²) in [5.41, 5.74) is 1.44. The smallest absolute Gasteiger partial charge is 0.306 e. The number of esters is 1. The molecule has 6 heteroatoms. The molecule has 0 spiro atoms. The molecule has 0 aliphatic carbocycles. The Hall–Kier alpha value is -2.24. The third-order valence-corrected chi connectivity index (χ3v) is 4.73. The normalized spacial score (nSPS) is 10.7. The highest BCUT2D eigenvalue weighted by atomic mass is 35.5. The van der Waals surface area contributed by atoms with Gasteiger partial charge in [0.05, 0.1) is 16.8 Å². The fraction of sp³-hybridized carbons (Fsp3) is 0.167. The molecule has 0 saturated carbocycles. The fourth-order valence-electron chi connectivity index (χ4n) is 2.24. The van der Waals surface area contributed by atoms with Gasteiger partial charge in [-0.1, -0.05) is 35.9 Å². The van der Waals surface area contributed by atoms with Crippen LogP contribution in [0.5, 0.6) is 0 Å². The van der Waals surface area contributed by atoms with Crippen molar-refractivity contribution in [1.82, 2.24) is 4.98 Å². The number of pyridine rings is 1. The Morgan fingerprint density at radius 1 is 1.12 bits per heavy atom. The maximum atomic E-state index is 11.9. The number of ether oxygens (including phenoxy) is 1. The molecule has 3 rings (SSSR count). The lowest BCUT2D eigenvalue weighted by molar-refractivity contribution is -0.144. The Balaban J connectivity index is 1.56. The minimum atomic E-state index is -0.427. The molecule has 4 nitrogen and oxygen atoms in total. The van der Waals surface area contributed by atoms with Gasteiger partial charge in [-0.3, -0.25) is 9.59 Å². The number of thiophene rings is 1. The molecule has 0 aliphatic rings. The van der Waals surface area contributed by atoms with Crippen LogP contribution in [0, 0.1) is 0 Å². The standard InChI is InChI=1S/C18H14ClNO3S/c19-18-13(10-12-4-1-2-5-14(12)20-18)11-23-17(22)8-7-15(21)16-6-3-9-24-16/h1-6,9-10H,7-8,11H2. The van der Waals surface area contributed by atoms with E-state index in [1.165, 1.54) is 11.3 Å². The number of carbonyl (C=O) groups is 2. The van der Waals surface area contributed by atoms with Crippen molar-refractivity contribution in [3.8, 4) is 0 Å². The molecular formula is C18H14ClNO3S. The lowest BCUT2D eigenvalue weighted by atomic mass is 10.1. The van der Waals surface area contributed by atoms with Crippen LogP contribution in [-0.4, -0.2) is 16.7 Å². The Morgan fingerprint density at radius 2 is 1.96 bits per heavy atom. The molecule has 122 valence electrons. The topological polar surface area (TPSA) is 56.3 Å². The first kappa shape index (κ1) is 16.6. The van der Waals surface area contributed by atoms with Gasteiger partial charge in [-0.15, -0.1) is 11.3 Å². The van der Waals surface area contributed by atoms with Crippen molar-refractivity contribution in [1.29, 1.82) is 0 Å². The molecule has 0 aliphatic heterocycles. The highest BCUT2D eigenvalue weighted by Crippen LogP contribution is 2.21. The first-order valence-electron chi connectivity index (χ1n) is 7.40. The van der Waals surface area contributed by atoms with E-state index in [9.17, 15) is 9.59 Å². The minimum absolute atomic E-state index is 0.0443. The fourth-order valence-corrected chi connectivity index (χ4v) is 3.14. The van der Waals surface area contributed by atoms with Crippen molar-refractivity contribution >= 4 is 45.6 Å². The lowest BCUT2D eigenvalue weighted by Gasteiger charge is -2.07. The number of nitrogens with zero attached hydrogens (tertiary/aromatic N) is 1. The molecule has 3 aromatic rings. The molecule has 0 N–H and O–H groups in total. The number of hydrogen-bond acceptors (Lipinski definition) is 5. The largest absolute Gasteiger partial charge is 0.461 e. The molecule has 0 radical (unpaired) electrons. The molecule has 0 saturated heterocycles. The predicted molar refractivity (Wildman–Crippen MR) is 94.4 cm³/mol. The van der Waals surface area contributed by atoms with Crippen LogP contribution in [0.4, 0.5) is 0 Å². The molecule has 2 heterocycles. The molecule has 0 atom stereocenters. The Kier molecular flexibility index (Phi) is 5.23. The molecule has 0 unspecified atom stereocenters. The van der Waals surface area contributed by atoms with E-state index in [2.05, 4.69) is 4.98 Å². The van der Waals surface area contributed by atoms with Crippen molar-refractivity contribution in [3.63, 3.8) is 0 Å². The number of hydrogen-bond donors (Lipinski definition) is 0. The average Bonchev–Trinajstić information content (AvgIpc) is 3.12. The van der Waals surface area contributed by atoms with E-state index in [-0.39, 0.29) is 25.2 Å². The summed E-state index contributed by atoms with van der Waals surface area (Å²) in [5, 5.41) is 3.08. The number of rotatable bonds is 6. The lowest BCUT2D eigenvalue weighted by Crippen LogP contribution is -2.08. The Labute approximate surface area is 148 Å². The molecule has 24 heavy (non-hydrogen) atoms. The summed E-state index contributed by atoms with van der Waals surface area (Å²) in [6.07, 6.45) is 0.193. The maximum Gasteiger partial charge on any atom is 0.306 e. The van der Waals surface area contributed by atoms with E-state index in [1.807, 2.05) is 41.8 Å². The second kappa shape index (κ2) is 7.55. The summed E-state index contributed by atoms with van der Waals surface area (Å²) in [6, 6.07) is 13.0. The van der Waals surface area contributed by atoms with Gasteiger partial charge < -0.3 is 4.74 Å². The van der Waals surface area contributed by atoms with Gasteiger partial charge in [-0.05, 0) is 23.6 Å². The third kappa shape index (κ3) is 3.99. The first-order valence-corrected chi connectivity index (χ1v) is 8.66. The second-order valence-electron chi connectivity index (χ2n) is 5.19. The summed E-state index contributed by atoms with van der Waals surface area (Å²) >= 11 is 7.50. The SMILES string of the molecule is O=C(CCC(=O)c1cccs1)OCc1cc2ccccc2nc1Cl. The van der Waals surface area contributed by atoms with Crippen LogP contribution in [0.2, 0.25) is 5.15 Å². The van der Waals surface area contributed by atoms with E-state index < -0.39 is 5.97 Å². The van der Waals surface area contributed by atoms with Gasteiger partial charge in [0.15, 0.2) is 5.78 Å². The van der Waals surface area contributed by atoms with Gasteiger partial charge in [0.2, 0.25) is 0 Å². The van der Waals surface area contributed by atoms with Gasteiger partial charge in [-0.2, -0.15) is 0 Å². The highest BCUT2D eigenvalue weighted by molar-refractivity contribution is 7.12. The summed E-state index contributed by atoms with van der Waals surface area (Å²) < 4.78 is 5.21. The molecule has 0 bridgehead atoms. The quantitative estimate of drug-likeness (QED) is 0.365. The molecular weight excluding hydrogens is 346 g/mol. The van der Waals surface area contributed by atoms with Crippen LogP contribution in [-0.2, 0) is 16.1 Å². The number of aromatic nitrogens is 1. The summed E-state index contributed by atoms with van der Waals surface area (Å²) in [7, 11) is 0. The van der Waals surface area contributed by atoms with Crippen LogP contribution >= 0.6 is 22.9 Å². The number of Topliss-reactive ketones (excluding diaryl/α,β-unsaturated/α-hetero) is 1. The summed E-state index contributed by atoms with van der Waals surface area (Å²) in [5.74, 6) is -0.475. The van der Waals surface area contributed by atoms with Gasteiger partial charge in [0.1, 0.15) is 11.8 Å². The van der Waals surface area contributed by atoms with Crippen molar-refractivity contribution in [2.75, 3.05) is 0 Å². The van der Waals surface area contributed by atoms with Crippen LogP contribution in [0.3, 0.4) is 0 Å². The minimum Gasteiger partial charge on any atom is -0.461 e. The zero-order valence-corrected chi connectivity index (χ0v) is 14.3. The van der Waals surface area contributed by atoms with E-state index >= 15 is 0 Å². The van der Waals surface area contributed by atoms with Crippen LogP contribution in [0.15, 0.2) is 47.8 Å². The monoisotopic (exact) mass is 359 g/mol. The average molecular weight is 360 g/mol. The Morgan fingerprint density at radius 3 is 2.75 bits per heavy atom. The summed E-state index contributed by atoms with van der Waals surface area (Å²) in [4.78, 5) is 28.6. The van der Waals surface area contributed by atoms with Crippen LogP contribution in [0.1, 0.15) is 28.1 Å². The zero-order chi connectivity index (χ0) is 16.9. The Bertz CT molecular complexity index is 877. The molecule has 2 aromatic heterocycles. The van der Waals surface area contributed by atoms with Crippen molar-refractivity contribution in [2.45, 2.75) is 19.4 Å². The van der Waals surface area contributed by atoms with Crippen molar-refractivity contribution in [3.05, 3.63) is 63.4 Å². The van der Waals surface area contributed by atoms with Crippen molar-refractivity contribution in [2.24, 2.45) is 0 Å². The number of halogens is 1. The first-order chi connectivity index (χ1) is 11.6. The number of carbonyl (C=O) groups excluding carboxylic acids is 2. The van der Waals surface area contributed by atoms with E-state index in [1.54, 1.807) is 6.07 Å². The number of ketones is 1. The number of fused-ring (bicyclic) bond motifs is 1. The van der Waals surface area contributed by atoms with E-state index in [4.69, 9.17) is 16.3 Å². The molecule has 0 fully saturated rings. The predicted octanol–water partition coefficient (Wildman–Crippen LogP) is 4.66. The van der Waals surface area contributed by atoms with E-state index in [0.29, 0.717) is 15.6 Å². The van der Waals surface area contributed by atoms with E-state index in [0.717, 1.165) is 10.9 Å². The number of para-hydroxylation sites is 1. The highest BCUT2D eigenvalue weighted by Gasteiger charge is 2.12. The van der Waals surface area contributed by atoms with Gasteiger partial charge in [0.25, 0.3) is 0 Å². The summed E-state index contributed by atoms with van der Waals surface area (Å²) in [6.45, 7) is 0.0443. The van der Waals surface area contributed by atoms with Gasteiger partial charge in [0, 0.05) is 17.4 Å². The second-order valence-corrected chi connectivity index (χ2v) is 6.50. The molecule has 0 amide bonds. The maximum absolute atomic E-state index is 11.9. The van der Waals surface area contributed by atoms with Crippen molar-refractivity contribution < 1.29 is 14.3 Å². The molecule has 1 aromatic carbocycles. The van der Waals surface area contributed by atoms with Crippen LogP contribution < -0.4 is 0 Å². The third-order valence-electron chi connectivity index (χ3n) is 3.49. The van der Waals surface area contributed by atoms with Crippen LogP contribution in [0.25, 0.3) is 10.9 Å².